The number of nitrogens with one attached hydrogen (secondary N) is 1. The van der Waals surface area contributed by atoms with Gasteiger partial charge in [0.2, 0.25) is 0 Å². The van der Waals surface area contributed by atoms with Gasteiger partial charge in [-0.2, -0.15) is 0 Å². The van der Waals surface area contributed by atoms with E-state index in [-0.39, 0.29) is 22.7 Å². The lowest BCUT2D eigenvalue weighted by Gasteiger charge is -2.40. The molecular weight excluding hydrogens is 306 g/mol. The van der Waals surface area contributed by atoms with Gasteiger partial charge >= 0.3 is 5.97 Å². The number of rotatable bonds is 3. The summed E-state index contributed by atoms with van der Waals surface area (Å²) < 4.78 is 10.8. The maximum absolute atomic E-state index is 13.1. The van der Waals surface area contributed by atoms with E-state index in [9.17, 15) is 9.59 Å². The molecule has 4 bridgehead atoms. The normalized spacial score (nSPS) is 39.0. The smallest absolute Gasteiger partial charge is 0.337 e. The quantitative estimate of drug-likeness (QED) is 0.866. The zero-order valence-electron chi connectivity index (χ0n) is 14.3. The van der Waals surface area contributed by atoms with E-state index in [1.54, 1.807) is 24.3 Å². The van der Waals surface area contributed by atoms with Crippen LogP contribution in [0.25, 0.3) is 0 Å². The summed E-state index contributed by atoms with van der Waals surface area (Å²) in [7, 11) is 1.35. The molecule has 3 fully saturated rings. The Morgan fingerprint density at radius 3 is 2.54 bits per heavy atom. The van der Waals surface area contributed by atoms with Crippen molar-refractivity contribution in [2.75, 3.05) is 19.0 Å². The van der Waals surface area contributed by atoms with Gasteiger partial charge in [-0.05, 0) is 49.4 Å². The van der Waals surface area contributed by atoms with Crippen LogP contribution >= 0.6 is 0 Å². The fourth-order valence-corrected chi connectivity index (χ4v) is 5.30. The highest BCUT2D eigenvalue weighted by Crippen LogP contribution is 2.75. The maximum Gasteiger partial charge on any atom is 0.337 e. The van der Waals surface area contributed by atoms with E-state index in [1.807, 2.05) is 0 Å². The number of hydrogen-bond acceptors (Lipinski definition) is 4. The second kappa shape index (κ2) is 4.82. The molecule has 0 aromatic heterocycles. The van der Waals surface area contributed by atoms with Crippen molar-refractivity contribution in [1.29, 1.82) is 0 Å². The molecule has 4 rings (SSSR count). The summed E-state index contributed by atoms with van der Waals surface area (Å²) in [6, 6.07) is 6.76. The van der Waals surface area contributed by atoms with Crippen LogP contribution in [0, 0.1) is 16.7 Å². The number of ether oxygens (including phenoxy) is 2. The standard InChI is InChI=1S/C19H23NO4/c1-17-11-24-19(10-13(17)8-9-18(17,19)2)16(22)20-14-6-4-12(5-7-14)15(21)23-3/h4-7,13H,8-11H2,1-3H3,(H,20,22)/t13-,17-,18-,19+/m0/s1. The summed E-state index contributed by atoms with van der Waals surface area (Å²) in [6.45, 7) is 5.16. The monoisotopic (exact) mass is 329 g/mol. The first-order valence-electron chi connectivity index (χ1n) is 8.50. The molecule has 1 aromatic carbocycles. The third-order valence-corrected chi connectivity index (χ3v) is 7.13. The molecule has 0 radical (unpaired) electrons. The van der Waals surface area contributed by atoms with Crippen molar-refractivity contribution in [1.82, 2.24) is 0 Å². The Hall–Kier alpha value is -1.88. The van der Waals surface area contributed by atoms with Crippen LogP contribution in [0.5, 0.6) is 0 Å². The number of hydrogen-bond donors (Lipinski definition) is 1. The van der Waals surface area contributed by atoms with Crippen molar-refractivity contribution in [3.63, 3.8) is 0 Å². The lowest BCUT2D eigenvalue weighted by molar-refractivity contribution is -0.149. The van der Waals surface area contributed by atoms with Crippen molar-refractivity contribution in [3.8, 4) is 0 Å². The Morgan fingerprint density at radius 1 is 1.25 bits per heavy atom. The molecular formula is C19H23NO4. The first-order valence-corrected chi connectivity index (χ1v) is 8.50. The Morgan fingerprint density at radius 2 is 1.96 bits per heavy atom. The Kier molecular flexibility index (Phi) is 3.14. The predicted octanol–water partition coefficient (Wildman–Crippen LogP) is 3.01. The molecule has 5 nitrogen and oxygen atoms in total. The number of esters is 1. The van der Waals surface area contributed by atoms with Crippen LogP contribution in [0.4, 0.5) is 5.69 Å². The second-order valence-electron chi connectivity index (χ2n) is 7.83. The van der Waals surface area contributed by atoms with Crippen LogP contribution in [-0.4, -0.2) is 31.2 Å². The number of benzene rings is 1. The van der Waals surface area contributed by atoms with E-state index in [4.69, 9.17) is 4.74 Å². The first kappa shape index (κ1) is 15.6. The van der Waals surface area contributed by atoms with Crippen molar-refractivity contribution in [2.24, 2.45) is 16.7 Å². The van der Waals surface area contributed by atoms with Crippen molar-refractivity contribution >= 4 is 17.6 Å². The molecule has 3 aliphatic rings. The molecule has 1 saturated heterocycles. The SMILES string of the molecule is COC(=O)c1ccc(NC(=O)[C@]23C[C@@H]4CC[C@@]2(C)[C@@]4(C)CO3)cc1. The second-order valence-corrected chi connectivity index (χ2v) is 7.83. The third kappa shape index (κ3) is 1.68. The highest BCUT2D eigenvalue weighted by Gasteiger charge is 2.78. The topological polar surface area (TPSA) is 64.6 Å². The van der Waals surface area contributed by atoms with Gasteiger partial charge in [0.25, 0.3) is 5.91 Å². The van der Waals surface area contributed by atoms with Crippen molar-refractivity contribution in [3.05, 3.63) is 29.8 Å². The average Bonchev–Trinajstić information content (AvgIpc) is 3.06. The van der Waals surface area contributed by atoms with Crippen LogP contribution < -0.4 is 5.32 Å². The summed E-state index contributed by atoms with van der Waals surface area (Å²) in [5, 5.41) is 3.00. The summed E-state index contributed by atoms with van der Waals surface area (Å²) in [6.07, 6.45) is 3.05. The van der Waals surface area contributed by atoms with E-state index >= 15 is 0 Å². The minimum absolute atomic E-state index is 0.0539. The van der Waals surface area contributed by atoms with E-state index in [0.29, 0.717) is 23.8 Å². The van der Waals surface area contributed by atoms with Crippen LogP contribution in [0.2, 0.25) is 0 Å². The number of carbonyl (C=O) groups excluding carboxylic acids is 2. The van der Waals surface area contributed by atoms with Crippen LogP contribution in [0.1, 0.15) is 43.5 Å². The van der Waals surface area contributed by atoms with E-state index in [1.165, 1.54) is 13.5 Å². The summed E-state index contributed by atoms with van der Waals surface area (Å²) >= 11 is 0. The average molecular weight is 329 g/mol. The van der Waals surface area contributed by atoms with Gasteiger partial charge in [-0.3, -0.25) is 4.79 Å². The fourth-order valence-electron chi connectivity index (χ4n) is 5.30. The third-order valence-electron chi connectivity index (χ3n) is 7.13. The van der Waals surface area contributed by atoms with Crippen LogP contribution in [0.15, 0.2) is 24.3 Å². The Labute approximate surface area is 141 Å². The molecule has 1 aliphatic heterocycles. The molecule has 1 N–H and O–H groups in total. The maximum atomic E-state index is 13.1. The van der Waals surface area contributed by atoms with Gasteiger partial charge in [-0.15, -0.1) is 0 Å². The van der Waals surface area contributed by atoms with Gasteiger partial charge in [-0.1, -0.05) is 13.8 Å². The summed E-state index contributed by atoms with van der Waals surface area (Å²) in [5.41, 5.74) is 0.432. The molecule has 1 aromatic rings. The molecule has 128 valence electrons. The Bertz CT molecular complexity index is 715. The fraction of sp³-hybridized carbons (Fsp3) is 0.579. The Balaban J connectivity index is 1.56. The van der Waals surface area contributed by atoms with Gasteiger partial charge in [0.15, 0.2) is 5.60 Å². The molecule has 24 heavy (non-hydrogen) atoms. The van der Waals surface area contributed by atoms with Gasteiger partial charge in [0, 0.05) is 16.5 Å². The molecule has 2 aliphatic carbocycles. The lowest BCUT2D eigenvalue weighted by Crippen LogP contribution is -2.52. The zero-order valence-corrected chi connectivity index (χ0v) is 14.3. The molecule has 1 amide bonds. The minimum Gasteiger partial charge on any atom is -0.465 e. The minimum atomic E-state index is -0.717. The van der Waals surface area contributed by atoms with Crippen LogP contribution in [0.3, 0.4) is 0 Å². The molecule has 0 spiro atoms. The summed E-state index contributed by atoms with van der Waals surface area (Å²) in [5.74, 6) is 0.132. The van der Waals surface area contributed by atoms with Gasteiger partial charge in [0.1, 0.15) is 0 Å². The summed E-state index contributed by atoms with van der Waals surface area (Å²) in [4.78, 5) is 24.6. The number of carbonyl (C=O) groups is 2. The van der Waals surface area contributed by atoms with Gasteiger partial charge in [-0.25, -0.2) is 4.79 Å². The number of methoxy groups -OCH3 is 1. The van der Waals surface area contributed by atoms with Crippen molar-refractivity contribution in [2.45, 2.75) is 38.7 Å². The zero-order chi connectivity index (χ0) is 17.2. The molecule has 2 saturated carbocycles. The van der Waals surface area contributed by atoms with Gasteiger partial charge in [0.05, 0.1) is 19.3 Å². The number of anilines is 1. The molecule has 1 heterocycles. The van der Waals surface area contributed by atoms with E-state index in [0.717, 1.165) is 12.8 Å². The van der Waals surface area contributed by atoms with Gasteiger partial charge < -0.3 is 14.8 Å². The van der Waals surface area contributed by atoms with E-state index in [2.05, 4.69) is 23.9 Å². The largest absolute Gasteiger partial charge is 0.465 e. The highest BCUT2D eigenvalue weighted by molar-refractivity contribution is 5.99. The van der Waals surface area contributed by atoms with E-state index < -0.39 is 5.60 Å². The number of amides is 1. The molecule has 0 unspecified atom stereocenters. The lowest BCUT2D eigenvalue weighted by atomic mass is 9.66. The highest BCUT2D eigenvalue weighted by atomic mass is 16.5. The predicted molar refractivity (Wildman–Crippen MR) is 88.6 cm³/mol. The van der Waals surface area contributed by atoms with Crippen LogP contribution in [-0.2, 0) is 14.3 Å². The van der Waals surface area contributed by atoms with Crippen molar-refractivity contribution < 1.29 is 19.1 Å². The first-order chi connectivity index (χ1) is 11.4. The molecule has 4 atom stereocenters. The molecule has 5 heteroatoms.